The van der Waals surface area contributed by atoms with Gasteiger partial charge in [0, 0.05) is 52.4 Å². The van der Waals surface area contributed by atoms with Gasteiger partial charge >= 0.3 is 0 Å². The summed E-state index contributed by atoms with van der Waals surface area (Å²) >= 11 is 0. The lowest BCUT2D eigenvalue weighted by molar-refractivity contribution is -0.135. The van der Waals surface area contributed by atoms with E-state index in [-0.39, 0.29) is 29.8 Å². The van der Waals surface area contributed by atoms with Crippen molar-refractivity contribution in [2.75, 3.05) is 31.1 Å². The molecule has 6 nitrogen and oxygen atoms in total. The van der Waals surface area contributed by atoms with Gasteiger partial charge in [0.1, 0.15) is 17.2 Å². The van der Waals surface area contributed by atoms with Crippen LogP contribution in [0, 0.1) is 12.7 Å². The van der Waals surface area contributed by atoms with Crippen LogP contribution in [0.2, 0.25) is 0 Å². The van der Waals surface area contributed by atoms with Crippen molar-refractivity contribution < 1.29 is 18.7 Å². The molecule has 2 amide bonds. The van der Waals surface area contributed by atoms with E-state index in [0.29, 0.717) is 25.2 Å². The molecule has 0 unspecified atom stereocenters. The topological polar surface area (TPSA) is 61.9 Å². The zero-order valence-electron chi connectivity index (χ0n) is 18.7. The first-order valence-electron chi connectivity index (χ1n) is 11.2. The van der Waals surface area contributed by atoms with E-state index in [1.165, 1.54) is 13.0 Å². The molecule has 0 radical (unpaired) electrons. The molecule has 2 aromatic carbocycles. The third-order valence-electron chi connectivity index (χ3n) is 6.63. The fourth-order valence-electron chi connectivity index (χ4n) is 4.57. The van der Waals surface area contributed by atoms with Crippen molar-refractivity contribution in [3.63, 3.8) is 0 Å². The minimum Gasteiger partial charge on any atom is -0.485 e. The fourth-order valence-corrected chi connectivity index (χ4v) is 4.57. The summed E-state index contributed by atoms with van der Waals surface area (Å²) in [6.07, 6.45) is 2.30. The molecule has 1 spiro atoms. The van der Waals surface area contributed by atoms with Gasteiger partial charge in [0.15, 0.2) is 0 Å². The van der Waals surface area contributed by atoms with Crippen LogP contribution in [-0.2, 0) is 16.1 Å². The predicted octanol–water partition coefficient (Wildman–Crippen LogP) is 3.42. The minimum absolute atomic E-state index is 0.0345. The number of rotatable bonds is 4. The average Bonchev–Trinajstić information content (AvgIpc) is 2.93. The summed E-state index contributed by atoms with van der Waals surface area (Å²) in [6, 6.07) is 13.2. The second-order valence-corrected chi connectivity index (χ2v) is 8.74. The number of amides is 2. The van der Waals surface area contributed by atoms with Gasteiger partial charge < -0.3 is 19.9 Å². The normalized spacial score (nSPS) is 17.3. The van der Waals surface area contributed by atoms with E-state index in [9.17, 15) is 14.0 Å². The minimum atomic E-state index is -0.341. The lowest BCUT2D eigenvalue weighted by atomic mass is 9.87. The van der Waals surface area contributed by atoms with Crippen molar-refractivity contribution in [1.29, 1.82) is 0 Å². The highest BCUT2D eigenvalue weighted by molar-refractivity contribution is 5.83. The molecule has 4 rings (SSSR count). The number of para-hydroxylation sites is 2. The second-order valence-electron chi connectivity index (χ2n) is 8.74. The first-order valence-corrected chi connectivity index (χ1v) is 11.2. The molecule has 0 bridgehead atoms. The Kier molecular flexibility index (Phi) is 6.35. The molecule has 32 heavy (non-hydrogen) atoms. The molecule has 2 aliphatic rings. The zero-order valence-corrected chi connectivity index (χ0v) is 18.7. The number of halogens is 1. The molecule has 2 heterocycles. The van der Waals surface area contributed by atoms with Crippen molar-refractivity contribution in [3.8, 4) is 5.75 Å². The number of carbonyl (C=O) groups is 2. The smallest absolute Gasteiger partial charge is 0.241 e. The Morgan fingerprint density at radius 2 is 1.78 bits per heavy atom. The molecule has 1 fully saturated rings. The van der Waals surface area contributed by atoms with E-state index < -0.39 is 0 Å². The number of hydrogen-bond acceptors (Lipinski definition) is 4. The van der Waals surface area contributed by atoms with Crippen molar-refractivity contribution in [2.45, 2.75) is 45.3 Å². The highest BCUT2D eigenvalue weighted by Crippen LogP contribution is 2.41. The fraction of sp³-hybridized carbons (Fsp3) is 0.440. The van der Waals surface area contributed by atoms with Gasteiger partial charge in [-0.1, -0.05) is 24.3 Å². The van der Waals surface area contributed by atoms with E-state index in [1.807, 2.05) is 31.2 Å². The molecule has 1 N–H and O–H groups in total. The van der Waals surface area contributed by atoms with Gasteiger partial charge in [-0.05, 0) is 36.2 Å². The number of piperidine rings is 1. The first kappa shape index (κ1) is 22.1. The number of fused-ring (bicyclic) bond motifs is 1. The number of nitrogens with zero attached hydrogens (tertiary/aromatic N) is 2. The molecule has 170 valence electrons. The first-order chi connectivity index (χ1) is 15.4. The Morgan fingerprint density at radius 1 is 1.06 bits per heavy atom. The highest BCUT2D eigenvalue weighted by Gasteiger charge is 2.40. The van der Waals surface area contributed by atoms with Gasteiger partial charge in [-0.2, -0.15) is 0 Å². The molecular formula is C25H30FN3O3. The van der Waals surface area contributed by atoms with Crippen LogP contribution in [0.3, 0.4) is 0 Å². The number of nitrogens with one attached hydrogen (secondary N) is 1. The largest absolute Gasteiger partial charge is 0.485 e. The molecule has 0 saturated carbocycles. The summed E-state index contributed by atoms with van der Waals surface area (Å²) < 4.78 is 20.7. The van der Waals surface area contributed by atoms with Crippen LogP contribution < -0.4 is 15.0 Å². The van der Waals surface area contributed by atoms with Gasteiger partial charge in [0.2, 0.25) is 11.8 Å². The van der Waals surface area contributed by atoms with Gasteiger partial charge in [-0.15, -0.1) is 0 Å². The summed E-state index contributed by atoms with van der Waals surface area (Å²) in [5.74, 6) is 0.378. The van der Waals surface area contributed by atoms with Crippen LogP contribution in [0.25, 0.3) is 0 Å². The summed E-state index contributed by atoms with van der Waals surface area (Å²) in [5, 5.41) is 2.58. The van der Waals surface area contributed by atoms with Gasteiger partial charge in [-0.25, -0.2) is 4.39 Å². The Balaban J connectivity index is 1.49. The third-order valence-corrected chi connectivity index (χ3v) is 6.63. The molecule has 2 aromatic rings. The van der Waals surface area contributed by atoms with Gasteiger partial charge in [0.25, 0.3) is 0 Å². The number of likely N-dealkylation sites (tertiary alicyclic amines) is 1. The molecule has 2 aliphatic heterocycles. The number of anilines is 1. The van der Waals surface area contributed by atoms with Crippen LogP contribution in [0.5, 0.6) is 5.75 Å². The third kappa shape index (κ3) is 4.71. The molecule has 1 saturated heterocycles. The predicted molar refractivity (Wildman–Crippen MR) is 121 cm³/mol. The van der Waals surface area contributed by atoms with Crippen molar-refractivity contribution in [1.82, 2.24) is 10.2 Å². The monoisotopic (exact) mass is 439 g/mol. The Labute approximate surface area is 188 Å². The van der Waals surface area contributed by atoms with Crippen LogP contribution in [-0.4, -0.2) is 48.5 Å². The SMILES string of the molecule is CC(=O)NCC(=O)N1CCC2(CC1)CCN(Cc1cccc(F)c1C)c1ccccc1O2. The summed E-state index contributed by atoms with van der Waals surface area (Å²) in [7, 11) is 0. The quantitative estimate of drug-likeness (QED) is 0.793. The Bertz CT molecular complexity index is 1000. The highest BCUT2D eigenvalue weighted by atomic mass is 19.1. The summed E-state index contributed by atoms with van der Waals surface area (Å²) in [4.78, 5) is 27.6. The van der Waals surface area contributed by atoms with Crippen LogP contribution in [0.4, 0.5) is 10.1 Å². The molecular weight excluding hydrogens is 409 g/mol. The maximum Gasteiger partial charge on any atom is 0.241 e. The zero-order chi connectivity index (χ0) is 22.7. The lowest BCUT2D eigenvalue weighted by Gasteiger charge is -2.41. The van der Waals surface area contributed by atoms with E-state index >= 15 is 0 Å². The number of ether oxygens (including phenoxy) is 1. The van der Waals surface area contributed by atoms with Crippen LogP contribution in [0.1, 0.15) is 37.3 Å². The standard InChI is InChI=1S/C25H30FN3O3/c1-18-20(6-5-7-21(18)26)17-29-15-12-25(32-23-9-4-3-8-22(23)29)10-13-28(14-11-25)24(31)16-27-19(2)30/h3-9H,10-17H2,1-2H3,(H,27,30). The van der Waals surface area contributed by atoms with E-state index in [4.69, 9.17) is 4.74 Å². The van der Waals surface area contributed by atoms with Crippen molar-refractivity contribution in [2.24, 2.45) is 0 Å². The summed E-state index contributed by atoms with van der Waals surface area (Å²) in [6.45, 7) is 5.86. The van der Waals surface area contributed by atoms with Crippen LogP contribution in [0.15, 0.2) is 42.5 Å². The molecule has 0 aliphatic carbocycles. The number of hydrogen-bond donors (Lipinski definition) is 1. The lowest BCUT2D eigenvalue weighted by Crippen LogP contribution is -2.52. The van der Waals surface area contributed by atoms with E-state index in [2.05, 4.69) is 16.3 Å². The maximum absolute atomic E-state index is 14.1. The van der Waals surface area contributed by atoms with Crippen molar-refractivity contribution in [3.05, 3.63) is 59.4 Å². The number of carbonyl (C=O) groups excluding carboxylic acids is 2. The molecule has 0 atom stereocenters. The summed E-state index contributed by atoms with van der Waals surface area (Å²) in [5.41, 5.74) is 2.31. The van der Waals surface area contributed by atoms with E-state index in [0.717, 1.165) is 42.8 Å². The van der Waals surface area contributed by atoms with E-state index in [1.54, 1.807) is 11.0 Å². The molecule has 0 aromatic heterocycles. The Morgan fingerprint density at radius 3 is 2.53 bits per heavy atom. The maximum atomic E-state index is 14.1. The number of benzene rings is 2. The van der Waals surface area contributed by atoms with Gasteiger partial charge in [-0.3, -0.25) is 9.59 Å². The van der Waals surface area contributed by atoms with Crippen molar-refractivity contribution >= 4 is 17.5 Å². The second kappa shape index (κ2) is 9.18. The Hall–Kier alpha value is -3.09. The van der Waals surface area contributed by atoms with Crippen LogP contribution >= 0.6 is 0 Å². The molecule has 7 heteroatoms. The average molecular weight is 440 g/mol. The van der Waals surface area contributed by atoms with Gasteiger partial charge in [0.05, 0.1) is 12.2 Å².